The van der Waals surface area contributed by atoms with Gasteiger partial charge in [0.25, 0.3) is 0 Å². The summed E-state index contributed by atoms with van der Waals surface area (Å²) in [7, 11) is 2.27. The van der Waals surface area contributed by atoms with Gasteiger partial charge in [0.15, 0.2) is 0 Å². The molecule has 1 heteroatoms. The van der Waals surface area contributed by atoms with Crippen molar-refractivity contribution in [1.82, 2.24) is 4.90 Å². The van der Waals surface area contributed by atoms with Gasteiger partial charge >= 0.3 is 0 Å². The maximum Gasteiger partial charge on any atom is 0.000996 e. The Morgan fingerprint density at radius 2 is 1.58 bits per heavy atom. The van der Waals surface area contributed by atoms with E-state index in [9.17, 15) is 0 Å². The number of rotatable bonds is 1. The van der Waals surface area contributed by atoms with Gasteiger partial charge in [-0.1, -0.05) is 13.8 Å². The smallest absolute Gasteiger partial charge is 0.000996 e. The van der Waals surface area contributed by atoms with Gasteiger partial charge in [-0.2, -0.15) is 0 Å². The molecule has 2 atom stereocenters. The summed E-state index contributed by atoms with van der Waals surface area (Å²) in [6.45, 7) is 7.51. The normalized spacial score (nSPS) is 42.5. The van der Waals surface area contributed by atoms with Crippen molar-refractivity contribution in [3.63, 3.8) is 0 Å². The van der Waals surface area contributed by atoms with E-state index in [1.54, 1.807) is 0 Å². The van der Waals surface area contributed by atoms with E-state index in [0.717, 1.165) is 23.7 Å². The molecule has 70 valence electrons. The van der Waals surface area contributed by atoms with Crippen LogP contribution in [0.2, 0.25) is 0 Å². The molecule has 0 aromatic rings. The van der Waals surface area contributed by atoms with Crippen molar-refractivity contribution < 1.29 is 0 Å². The van der Waals surface area contributed by atoms with Gasteiger partial charge in [0.05, 0.1) is 0 Å². The van der Waals surface area contributed by atoms with Gasteiger partial charge < -0.3 is 4.90 Å². The fourth-order valence-electron chi connectivity index (χ4n) is 3.13. The Hall–Kier alpha value is -0.0400. The van der Waals surface area contributed by atoms with Crippen LogP contribution in [-0.2, 0) is 0 Å². The van der Waals surface area contributed by atoms with Crippen LogP contribution in [-0.4, -0.2) is 25.0 Å². The summed E-state index contributed by atoms with van der Waals surface area (Å²) in [5.41, 5.74) is 0. The fraction of sp³-hybridized carbons (Fsp3) is 1.00. The number of likely N-dealkylation sites (tertiary alicyclic amines) is 1. The molecule has 0 spiro atoms. The van der Waals surface area contributed by atoms with Crippen molar-refractivity contribution in [3.8, 4) is 0 Å². The van der Waals surface area contributed by atoms with Crippen molar-refractivity contribution in [2.45, 2.75) is 26.7 Å². The minimum atomic E-state index is 0.918. The van der Waals surface area contributed by atoms with E-state index < -0.39 is 0 Å². The molecule has 1 aliphatic heterocycles. The number of nitrogens with zero attached hydrogens (tertiary/aromatic N) is 1. The van der Waals surface area contributed by atoms with Crippen LogP contribution in [0.15, 0.2) is 0 Å². The molecule has 1 aliphatic carbocycles. The quantitative estimate of drug-likeness (QED) is 0.579. The average Bonchev–Trinajstić information content (AvgIpc) is 2.42. The molecule has 12 heavy (non-hydrogen) atoms. The second-order valence-electron chi connectivity index (χ2n) is 5.22. The summed E-state index contributed by atoms with van der Waals surface area (Å²) in [5.74, 6) is 4.04. The Bertz CT molecular complexity index is 150. The minimum Gasteiger partial charge on any atom is -0.306 e. The average molecular weight is 167 g/mol. The Morgan fingerprint density at radius 3 is 2.00 bits per heavy atom. The van der Waals surface area contributed by atoms with E-state index in [0.29, 0.717) is 0 Å². The number of hydrogen-bond acceptors (Lipinski definition) is 1. The van der Waals surface area contributed by atoms with Gasteiger partial charge in [0.1, 0.15) is 0 Å². The van der Waals surface area contributed by atoms with Crippen LogP contribution in [0, 0.1) is 23.7 Å². The Labute approximate surface area is 76.1 Å². The van der Waals surface area contributed by atoms with Crippen molar-refractivity contribution in [3.05, 3.63) is 0 Å². The first-order chi connectivity index (χ1) is 5.66. The molecule has 2 fully saturated rings. The molecular formula is C11H21N. The van der Waals surface area contributed by atoms with Crippen molar-refractivity contribution >= 4 is 0 Å². The molecule has 0 aromatic carbocycles. The molecule has 0 aromatic heterocycles. The first-order valence-electron chi connectivity index (χ1n) is 5.35. The summed E-state index contributed by atoms with van der Waals surface area (Å²) < 4.78 is 0. The third-order valence-corrected chi connectivity index (χ3v) is 3.91. The zero-order valence-corrected chi connectivity index (χ0v) is 8.59. The van der Waals surface area contributed by atoms with Crippen LogP contribution in [0.25, 0.3) is 0 Å². The van der Waals surface area contributed by atoms with E-state index >= 15 is 0 Å². The van der Waals surface area contributed by atoms with Crippen LogP contribution < -0.4 is 0 Å². The molecule has 2 rings (SSSR count). The van der Waals surface area contributed by atoms with Crippen molar-refractivity contribution in [2.75, 3.05) is 20.1 Å². The van der Waals surface area contributed by atoms with Crippen LogP contribution in [0.5, 0.6) is 0 Å². The maximum absolute atomic E-state index is 2.51. The van der Waals surface area contributed by atoms with Crippen LogP contribution in [0.1, 0.15) is 26.7 Å². The Morgan fingerprint density at radius 1 is 1.08 bits per heavy atom. The van der Waals surface area contributed by atoms with E-state index in [4.69, 9.17) is 0 Å². The zero-order valence-electron chi connectivity index (χ0n) is 8.59. The summed E-state index contributed by atoms with van der Waals surface area (Å²) in [6, 6.07) is 0. The van der Waals surface area contributed by atoms with Gasteiger partial charge in [0.2, 0.25) is 0 Å². The first-order valence-corrected chi connectivity index (χ1v) is 5.35. The lowest BCUT2D eigenvalue weighted by molar-refractivity contribution is 0.315. The first kappa shape index (κ1) is 8.55. The predicted molar refractivity (Wildman–Crippen MR) is 52.0 cm³/mol. The highest BCUT2D eigenvalue weighted by Crippen LogP contribution is 2.43. The van der Waals surface area contributed by atoms with E-state index in [2.05, 4.69) is 25.8 Å². The molecule has 1 saturated carbocycles. The van der Waals surface area contributed by atoms with Crippen molar-refractivity contribution in [2.24, 2.45) is 23.7 Å². The molecule has 2 unspecified atom stereocenters. The van der Waals surface area contributed by atoms with E-state index in [1.165, 1.54) is 25.9 Å². The molecule has 1 saturated heterocycles. The molecule has 1 nitrogen and oxygen atoms in total. The number of fused-ring (bicyclic) bond motifs is 1. The third-order valence-electron chi connectivity index (χ3n) is 3.91. The molecule has 0 N–H and O–H groups in total. The maximum atomic E-state index is 2.51. The standard InChI is InChI=1S/C11H21N/c1-8(2)9-4-10-6-12(3)7-11(10)5-9/h8-11H,4-7H2,1-3H3. The van der Waals surface area contributed by atoms with Gasteiger partial charge in [-0.15, -0.1) is 0 Å². The van der Waals surface area contributed by atoms with Crippen LogP contribution in [0.4, 0.5) is 0 Å². The highest BCUT2D eigenvalue weighted by molar-refractivity contribution is 4.91. The van der Waals surface area contributed by atoms with Crippen LogP contribution >= 0.6 is 0 Å². The lowest BCUT2D eigenvalue weighted by Gasteiger charge is -2.17. The van der Waals surface area contributed by atoms with E-state index in [-0.39, 0.29) is 0 Å². The molecular weight excluding hydrogens is 146 g/mol. The summed E-state index contributed by atoms with van der Waals surface area (Å²) in [6.07, 6.45) is 3.01. The second-order valence-corrected chi connectivity index (χ2v) is 5.22. The van der Waals surface area contributed by atoms with E-state index in [1.807, 2.05) is 0 Å². The predicted octanol–water partition coefficient (Wildman–Crippen LogP) is 2.23. The molecule has 0 amide bonds. The molecule has 1 heterocycles. The second kappa shape index (κ2) is 3.02. The summed E-state index contributed by atoms with van der Waals surface area (Å²) >= 11 is 0. The highest BCUT2D eigenvalue weighted by atomic mass is 15.1. The zero-order chi connectivity index (χ0) is 8.72. The topological polar surface area (TPSA) is 3.24 Å². The van der Waals surface area contributed by atoms with Crippen LogP contribution in [0.3, 0.4) is 0 Å². The highest BCUT2D eigenvalue weighted by Gasteiger charge is 2.40. The lowest BCUT2D eigenvalue weighted by Crippen LogP contribution is -2.17. The summed E-state index contributed by atoms with van der Waals surface area (Å²) in [5, 5.41) is 0. The SMILES string of the molecule is CC(C)C1CC2CN(C)CC2C1. The van der Waals surface area contributed by atoms with Crippen molar-refractivity contribution in [1.29, 1.82) is 0 Å². The number of hydrogen-bond donors (Lipinski definition) is 0. The monoisotopic (exact) mass is 167 g/mol. The minimum absolute atomic E-state index is 0.918. The Kier molecular flexibility index (Phi) is 2.16. The van der Waals surface area contributed by atoms with Gasteiger partial charge in [-0.3, -0.25) is 0 Å². The summed E-state index contributed by atoms with van der Waals surface area (Å²) in [4.78, 5) is 2.51. The largest absolute Gasteiger partial charge is 0.306 e. The van der Waals surface area contributed by atoms with Gasteiger partial charge in [-0.05, 0) is 43.6 Å². The van der Waals surface area contributed by atoms with Gasteiger partial charge in [-0.25, -0.2) is 0 Å². The fourth-order valence-corrected chi connectivity index (χ4v) is 3.13. The van der Waals surface area contributed by atoms with Gasteiger partial charge in [0, 0.05) is 13.1 Å². The molecule has 0 bridgehead atoms. The Balaban J connectivity index is 1.93. The molecule has 0 radical (unpaired) electrons. The molecule has 2 aliphatic rings. The third kappa shape index (κ3) is 1.39. The lowest BCUT2D eigenvalue weighted by atomic mass is 9.93.